The first-order valence-corrected chi connectivity index (χ1v) is 14.9. The number of anilines is 1. The predicted molar refractivity (Wildman–Crippen MR) is 154 cm³/mol. The number of carbonyl (C=O) groups is 2. The van der Waals surface area contributed by atoms with E-state index in [1.165, 1.54) is 6.07 Å². The Labute approximate surface area is 246 Å². The van der Waals surface area contributed by atoms with Crippen LogP contribution in [0.2, 0.25) is 0 Å². The number of nitrogens with zero attached hydrogens (tertiary/aromatic N) is 4. The molecule has 5 aromatic rings. The van der Waals surface area contributed by atoms with E-state index in [1.54, 1.807) is 52.1 Å². The summed E-state index contributed by atoms with van der Waals surface area (Å²) in [4.78, 5) is 25.4. The van der Waals surface area contributed by atoms with Crippen molar-refractivity contribution in [2.45, 2.75) is 18.2 Å². The summed E-state index contributed by atoms with van der Waals surface area (Å²) >= 11 is 0. The van der Waals surface area contributed by atoms with Crippen LogP contribution in [0.1, 0.15) is 22.3 Å². The number of halogens is 5. The van der Waals surface area contributed by atoms with Gasteiger partial charge in [0.2, 0.25) is 0 Å². The molecule has 3 aromatic heterocycles. The number of aryl methyl sites for hydroxylation is 1. The maximum absolute atomic E-state index is 13.7. The summed E-state index contributed by atoms with van der Waals surface area (Å²) in [5.74, 6) is -1.71. The predicted octanol–water partition coefficient (Wildman–Crippen LogP) is 7.44. The van der Waals surface area contributed by atoms with E-state index < -0.39 is 38.4 Å². The van der Waals surface area contributed by atoms with Crippen molar-refractivity contribution < 1.29 is 38.9 Å². The van der Waals surface area contributed by atoms with E-state index in [9.17, 15) is 29.0 Å². The molecule has 0 aliphatic rings. The second-order valence-electron chi connectivity index (χ2n) is 9.79. The quantitative estimate of drug-likeness (QED) is 0.108. The Hall–Kier alpha value is -5.12. The number of pyridine rings is 1. The van der Waals surface area contributed by atoms with Gasteiger partial charge >= 0.3 is 16.3 Å². The fraction of sp³-hybridized carbons (Fsp3) is 0.143. The van der Waals surface area contributed by atoms with Gasteiger partial charge in [-0.1, -0.05) is 25.5 Å². The number of imidazole rings is 1. The number of carboxylic acid groups (broad SMARTS) is 1. The lowest BCUT2D eigenvalue weighted by atomic mass is 10.1. The van der Waals surface area contributed by atoms with Crippen molar-refractivity contribution in [3.05, 3.63) is 90.5 Å². The van der Waals surface area contributed by atoms with Gasteiger partial charge < -0.3 is 20.5 Å². The zero-order valence-electron chi connectivity index (χ0n) is 22.9. The number of nitrogens with one attached hydrogen (secondary N) is 2. The van der Waals surface area contributed by atoms with E-state index >= 15 is 0 Å². The monoisotopic (exact) mass is 636 g/mol. The van der Waals surface area contributed by atoms with Gasteiger partial charge in [0.1, 0.15) is 16.3 Å². The number of hydrogen-bond acceptors (Lipinski definition) is 5. The second kappa shape index (κ2) is 10.6. The summed E-state index contributed by atoms with van der Waals surface area (Å²) in [5, 5.41) is 17.7. The van der Waals surface area contributed by atoms with Crippen molar-refractivity contribution in [3.63, 3.8) is 0 Å². The van der Waals surface area contributed by atoms with Crippen molar-refractivity contribution in [3.8, 4) is 22.7 Å². The lowest BCUT2D eigenvalue weighted by Crippen LogP contribution is -2.23. The molecular formula is C28H25F5N6O4S. The van der Waals surface area contributed by atoms with Gasteiger partial charge in [0.15, 0.2) is 0 Å². The Morgan fingerprint density at radius 2 is 1.82 bits per heavy atom. The van der Waals surface area contributed by atoms with Crippen LogP contribution in [0.5, 0.6) is 5.75 Å². The number of rotatable bonds is 10. The standard InChI is InChI=1S/C28H25F5N6O4S/c1-18-5-6-21(14-25(18)38-9-10-39-26(38)16-24(37-39)19-4-2-7-34-17-19)36-27(40)20-12-22(43-11-3-8-35-28(41)42)15-23(13-20)44(29,30,31,32)33/h2,4-7,9-10,12-17,35H,3,8,11H2,1H3,(H,36,40)(H,41,42). The molecule has 2 amide bonds. The van der Waals surface area contributed by atoms with Gasteiger partial charge in [-0.3, -0.25) is 14.3 Å². The number of benzene rings is 2. The van der Waals surface area contributed by atoms with Crippen LogP contribution in [0, 0.1) is 6.92 Å². The SMILES string of the molecule is Cc1ccc(NC(=O)c2cc(OCCCNC(=O)O)cc(S(F)(F)(F)(F)F)c2)cc1-n1ccn2nc(-c3cccnc3)cc12. The molecule has 0 bridgehead atoms. The van der Waals surface area contributed by atoms with Crippen molar-refractivity contribution in [2.75, 3.05) is 18.5 Å². The summed E-state index contributed by atoms with van der Waals surface area (Å²) in [6.07, 6.45) is 5.51. The highest BCUT2D eigenvalue weighted by Crippen LogP contribution is 3.02. The van der Waals surface area contributed by atoms with E-state index in [0.29, 0.717) is 17.0 Å². The fourth-order valence-corrected chi connectivity index (χ4v) is 5.04. The molecule has 0 saturated heterocycles. The minimum absolute atomic E-state index is 0.0359. The van der Waals surface area contributed by atoms with E-state index in [4.69, 9.17) is 9.84 Å². The van der Waals surface area contributed by atoms with Crippen LogP contribution in [0.15, 0.2) is 84.3 Å². The summed E-state index contributed by atoms with van der Waals surface area (Å²) in [6.45, 7) is 1.44. The molecule has 3 N–H and O–H groups in total. The van der Waals surface area contributed by atoms with Gasteiger partial charge in [0.05, 0.1) is 18.0 Å². The average Bonchev–Trinajstić information content (AvgIpc) is 3.54. The van der Waals surface area contributed by atoms with Crippen LogP contribution in [-0.2, 0) is 0 Å². The van der Waals surface area contributed by atoms with Gasteiger partial charge in [-0.2, -0.15) is 5.10 Å². The molecule has 0 spiro atoms. The van der Waals surface area contributed by atoms with Crippen LogP contribution in [0.4, 0.5) is 29.9 Å². The van der Waals surface area contributed by atoms with Crippen LogP contribution >= 0.6 is 10.2 Å². The Kier molecular flexibility index (Phi) is 7.28. The molecule has 232 valence electrons. The molecule has 10 nitrogen and oxygen atoms in total. The second-order valence-corrected chi connectivity index (χ2v) is 12.2. The smallest absolute Gasteiger partial charge is 0.404 e. The molecule has 0 fully saturated rings. The van der Waals surface area contributed by atoms with Crippen molar-refractivity contribution in [2.24, 2.45) is 0 Å². The van der Waals surface area contributed by atoms with Gasteiger partial charge in [-0.15, -0.1) is 0 Å². The van der Waals surface area contributed by atoms with E-state index in [-0.39, 0.29) is 37.4 Å². The van der Waals surface area contributed by atoms with Gasteiger partial charge in [-0.05, 0) is 55.3 Å². The zero-order chi connectivity index (χ0) is 31.8. The molecular weight excluding hydrogens is 611 g/mol. The highest BCUT2D eigenvalue weighted by Gasteiger charge is 2.65. The van der Waals surface area contributed by atoms with Gasteiger partial charge in [-0.25, -0.2) is 9.31 Å². The number of carbonyl (C=O) groups excluding carboxylic acids is 1. The highest BCUT2D eigenvalue weighted by molar-refractivity contribution is 8.45. The minimum atomic E-state index is -10.2. The third-order valence-corrected chi connectivity index (χ3v) is 7.58. The first kappa shape index (κ1) is 30.3. The minimum Gasteiger partial charge on any atom is -0.493 e. The molecule has 0 radical (unpaired) electrons. The van der Waals surface area contributed by atoms with Crippen molar-refractivity contribution >= 4 is 33.6 Å². The Balaban J connectivity index is 1.42. The summed E-state index contributed by atoms with van der Waals surface area (Å²) in [7, 11) is -10.2. The molecule has 0 saturated carbocycles. The van der Waals surface area contributed by atoms with E-state index in [1.807, 2.05) is 24.4 Å². The zero-order valence-corrected chi connectivity index (χ0v) is 23.7. The number of amides is 2. The van der Waals surface area contributed by atoms with Gasteiger partial charge in [0.25, 0.3) is 5.91 Å². The lowest BCUT2D eigenvalue weighted by Gasteiger charge is -2.40. The lowest BCUT2D eigenvalue weighted by molar-refractivity contribution is 0.102. The summed E-state index contributed by atoms with van der Waals surface area (Å²) in [5.41, 5.74) is 3.04. The third kappa shape index (κ3) is 6.91. The van der Waals surface area contributed by atoms with E-state index in [2.05, 4.69) is 15.4 Å². The molecule has 0 aliphatic carbocycles. The Bertz CT molecular complexity index is 1880. The first-order valence-electron chi connectivity index (χ1n) is 13.0. The van der Waals surface area contributed by atoms with Crippen LogP contribution in [0.3, 0.4) is 0 Å². The maximum atomic E-state index is 13.7. The Morgan fingerprint density at radius 1 is 1.02 bits per heavy atom. The van der Waals surface area contributed by atoms with Crippen LogP contribution in [-0.4, -0.2) is 49.4 Å². The van der Waals surface area contributed by atoms with Crippen molar-refractivity contribution in [1.82, 2.24) is 24.5 Å². The molecule has 44 heavy (non-hydrogen) atoms. The Morgan fingerprint density at radius 3 is 2.52 bits per heavy atom. The topological polar surface area (TPSA) is 123 Å². The number of hydrogen-bond donors (Lipinski definition) is 3. The fourth-order valence-electron chi connectivity index (χ4n) is 4.36. The average molecular weight is 637 g/mol. The van der Waals surface area contributed by atoms with Crippen LogP contribution in [0.25, 0.3) is 22.6 Å². The van der Waals surface area contributed by atoms with E-state index in [0.717, 1.165) is 17.2 Å². The van der Waals surface area contributed by atoms with Crippen molar-refractivity contribution in [1.29, 1.82) is 0 Å². The normalized spacial score (nSPS) is 13.2. The van der Waals surface area contributed by atoms with Gasteiger partial charge in [0, 0.05) is 60.3 Å². The molecule has 2 aromatic carbocycles. The van der Waals surface area contributed by atoms with Crippen LogP contribution < -0.4 is 15.4 Å². The summed E-state index contributed by atoms with van der Waals surface area (Å²) in [6, 6.07) is 11.4. The molecule has 0 atom stereocenters. The molecule has 16 heteroatoms. The number of ether oxygens (including phenoxy) is 1. The molecule has 3 heterocycles. The maximum Gasteiger partial charge on any atom is 0.404 e. The third-order valence-electron chi connectivity index (χ3n) is 6.46. The highest BCUT2D eigenvalue weighted by atomic mass is 32.5. The number of fused-ring (bicyclic) bond motifs is 1. The largest absolute Gasteiger partial charge is 0.493 e. The first-order chi connectivity index (χ1) is 20.6. The molecule has 0 aliphatic heterocycles. The number of aromatic nitrogens is 4. The summed E-state index contributed by atoms with van der Waals surface area (Å²) < 4.78 is 77.4. The molecule has 5 rings (SSSR count). The molecule has 0 unspecified atom stereocenters.